The van der Waals surface area contributed by atoms with E-state index in [1.54, 1.807) is 4.90 Å². The second kappa shape index (κ2) is 8.31. The molecule has 3 aromatic carbocycles. The minimum absolute atomic E-state index is 0.0100. The van der Waals surface area contributed by atoms with E-state index in [-0.39, 0.29) is 11.4 Å². The van der Waals surface area contributed by atoms with Crippen LogP contribution in [-0.4, -0.2) is 32.0 Å². The summed E-state index contributed by atoms with van der Waals surface area (Å²) in [5.41, 5.74) is 2.49. The Labute approximate surface area is 162 Å². The van der Waals surface area contributed by atoms with Gasteiger partial charge in [-0.15, -0.1) is 0 Å². The molecule has 1 aliphatic rings. The lowest BCUT2D eigenvalue weighted by Gasteiger charge is -2.29. The largest absolute Gasteiger partial charge is 0.378 e. The van der Waals surface area contributed by atoms with Crippen LogP contribution >= 0.6 is 0 Å². The topological polar surface area (TPSA) is 24.8 Å². The summed E-state index contributed by atoms with van der Waals surface area (Å²) >= 11 is 0. The summed E-state index contributed by atoms with van der Waals surface area (Å²) in [7, 11) is 0. The third-order valence-electron chi connectivity index (χ3n) is 4.68. The molecular formula is C23H20F2N2O. The third kappa shape index (κ3) is 3.94. The molecule has 142 valence electrons. The van der Waals surface area contributed by atoms with Crippen molar-refractivity contribution in [2.75, 3.05) is 31.2 Å². The smallest absolute Gasteiger partial charge is 0.172 e. The van der Waals surface area contributed by atoms with Crippen molar-refractivity contribution < 1.29 is 13.5 Å². The van der Waals surface area contributed by atoms with Gasteiger partial charge in [0, 0.05) is 36.3 Å². The van der Waals surface area contributed by atoms with Crippen LogP contribution in [0, 0.1) is 11.6 Å². The second-order valence-electron chi connectivity index (χ2n) is 6.55. The first-order valence-electron chi connectivity index (χ1n) is 9.23. The molecule has 0 saturated carbocycles. The molecule has 0 radical (unpaired) electrons. The lowest BCUT2D eigenvalue weighted by molar-refractivity contribution is 0.122. The van der Waals surface area contributed by atoms with E-state index in [0.29, 0.717) is 32.0 Å². The Bertz CT molecular complexity index is 927. The highest BCUT2D eigenvalue weighted by molar-refractivity contribution is 6.14. The first kappa shape index (κ1) is 18.3. The Kier molecular flexibility index (Phi) is 5.44. The summed E-state index contributed by atoms with van der Waals surface area (Å²) in [5.74, 6) is -1.03. The zero-order valence-electron chi connectivity index (χ0n) is 15.3. The number of benzene rings is 3. The van der Waals surface area contributed by atoms with E-state index >= 15 is 4.39 Å². The minimum atomic E-state index is -0.521. The molecule has 0 aliphatic carbocycles. The lowest BCUT2D eigenvalue weighted by Crippen LogP contribution is -2.36. The van der Waals surface area contributed by atoms with Crippen molar-refractivity contribution >= 4 is 17.1 Å². The highest BCUT2D eigenvalue weighted by Crippen LogP contribution is 2.31. The molecule has 5 heteroatoms. The summed E-state index contributed by atoms with van der Waals surface area (Å²) in [6.07, 6.45) is 0. The van der Waals surface area contributed by atoms with Crippen molar-refractivity contribution in [3.05, 3.63) is 95.6 Å². The Morgan fingerprint density at radius 2 is 1.39 bits per heavy atom. The predicted octanol–water partition coefficient (Wildman–Crippen LogP) is 4.97. The summed E-state index contributed by atoms with van der Waals surface area (Å²) in [4.78, 5) is 6.36. The van der Waals surface area contributed by atoms with Crippen LogP contribution in [0.3, 0.4) is 0 Å². The molecule has 1 heterocycles. The quantitative estimate of drug-likeness (QED) is 0.599. The minimum Gasteiger partial charge on any atom is -0.378 e. The van der Waals surface area contributed by atoms with Crippen molar-refractivity contribution in [3.63, 3.8) is 0 Å². The van der Waals surface area contributed by atoms with E-state index in [4.69, 9.17) is 4.74 Å². The van der Waals surface area contributed by atoms with Crippen LogP contribution in [0.5, 0.6) is 0 Å². The van der Waals surface area contributed by atoms with Gasteiger partial charge in [-0.1, -0.05) is 60.7 Å². The van der Waals surface area contributed by atoms with Crippen LogP contribution in [0.15, 0.2) is 77.8 Å². The average molecular weight is 378 g/mol. The Hall–Kier alpha value is -3.05. The maximum atomic E-state index is 15.3. The number of halogens is 2. The highest BCUT2D eigenvalue weighted by atomic mass is 19.1. The molecule has 0 N–H and O–H groups in total. The number of ether oxygens (including phenoxy) is 1. The first-order valence-corrected chi connectivity index (χ1v) is 9.23. The Balaban J connectivity index is 1.83. The molecule has 4 rings (SSSR count). The third-order valence-corrected chi connectivity index (χ3v) is 4.68. The van der Waals surface area contributed by atoms with Gasteiger partial charge in [0.25, 0.3) is 0 Å². The van der Waals surface area contributed by atoms with Gasteiger partial charge in [0.05, 0.1) is 24.6 Å². The Morgan fingerprint density at radius 3 is 1.96 bits per heavy atom. The maximum Gasteiger partial charge on any atom is 0.172 e. The average Bonchev–Trinajstić information content (AvgIpc) is 2.76. The monoisotopic (exact) mass is 378 g/mol. The molecule has 3 nitrogen and oxygen atoms in total. The highest BCUT2D eigenvalue weighted by Gasteiger charge is 2.20. The van der Waals surface area contributed by atoms with Crippen molar-refractivity contribution in [1.82, 2.24) is 0 Å². The molecule has 3 aromatic rings. The van der Waals surface area contributed by atoms with Crippen LogP contribution in [0.4, 0.5) is 20.2 Å². The lowest BCUT2D eigenvalue weighted by atomic mass is 10.0. The van der Waals surface area contributed by atoms with E-state index < -0.39 is 11.6 Å². The van der Waals surface area contributed by atoms with Gasteiger partial charge in [-0.05, 0) is 0 Å². The van der Waals surface area contributed by atoms with Crippen molar-refractivity contribution in [2.45, 2.75) is 0 Å². The SMILES string of the molecule is Fc1cc(N=C(c2ccccc2)c2ccccc2)c(F)c(N2CCOCC2)c1. The molecule has 1 aliphatic heterocycles. The van der Waals surface area contributed by atoms with Crippen molar-refractivity contribution in [2.24, 2.45) is 4.99 Å². The summed E-state index contributed by atoms with van der Waals surface area (Å²) < 4.78 is 34.9. The first-order chi connectivity index (χ1) is 13.7. The standard InChI is InChI=1S/C23H20F2N2O/c24-19-15-20(22(25)21(16-19)27-11-13-28-14-12-27)26-23(17-7-3-1-4-8-17)18-9-5-2-6-10-18/h1-10,15-16H,11-14H2. The van der Waals surface area contributed by atoms with Crippen molar-refractivity contribution in [1.29, 1.82) is 0 Å². The fourth-order valence-corrected chi connectivity index (χ4v) is 3.28. The van der Waals surface area contributed by atoms with Gasteiger partial charge in [0.2, 0.25) is 0 Å². The van der Waals surface area contributed by atoms with E-state index in [9.17, 15) is 4.39 Å². The van der Waals surface area contributed by atoms with E-state index in [1.165, 1.54) is 6.07 Å². The summed E-state index contributed by atoms with van der Waals surface area (Å²) in [5, 5.41) is 0. The molecule has 1 fully saturated rings. The molecule has 0 unspecified atom stereocenters. The number of rotatable bonds is 4. The molecule has 0 atom stereocenters. The second-order valence-corrected chi connectivity index (χ2v) is 6.55. The number of hydrogen-bond acceptors (Lipinski definition) is 3. The van der Waals surface area contributed by atoms with Gasteiger partial charge in [0.15, 0.2) is 5.82 Å². The van der Waals surface area contributed by atoms with E-state index in [1.807, 2.05) is 60.7 Å². The van der Waals surface area contributed by atoms with Gasteiger partial charge in [0.1, 0.15) is 11.5 Å². The molecule has 0 amide bonds. The number of anilines is 1. The molecular weight excluding hydrogens is 358 g/mol. The van der Waals surface area contributed by atoms with Crippen LogP contribution < -0.4 is 4.90 Å². The van der Waals surface area contributed by atoms with Gasteiger partial charge in [-0.2, -0.15) is 0 Å². The van der Waals surface area contributed by atoms with Crippen molar-refractivity contribution in [3.8, 4) is 0 Å². The van der Waals surface area contributed by atoms with E-state index in [2.05, 4.69) is 4.99 Å². The molecule has 1 saturated heterocycles. The van der Waals surface area contributed by atoms with Crippen LogP contribution in [-0.2, 0) is 4.74 Å². The van der Waals surface area contributed by atoms with Crippen LogP contribution in [0.2, 0.25) is 0 Å². The number of nitrogens with zero attached hydrogens (tertiary/aromatic N) is 2. The zero-order chi connectivity index (χ0) is 19.3. The fraction of sp³-hybridized carbons (Fsp3) is 0.174. The normalized spacial score (nSPS) is 14.0. The van der Waals surface area contributed by atoms with Gasteiger partial charge >= 0.3 is 0 Å². The van der Waals surface area contributed by atoms with E-state index in [0.717, 1.165) is 17.2 Å². The van der Waals surface area contributed by atoms with Crippen LogP contribution in [0.1, 0.15) is 11.1 Å². The fourth-order valence-electron chi connectivity index (χ4n) is 3.28. The number of aliphatic imine (C=N–C) groups is 1. The zero-order valence-corrected chi connectivity index (χ0v) is 15.3. The number of hydrogen-bond donors (Lipinski definition) is 0. The summed E-state index contributed by atoms with van der Waals surface area (Å²) in [6, 6.07) is 21.4. The molecule has 28 heavy (non-hydrogen) atoms. The van der Waals surface area contributed by atoms with Gasteiger partial charge < -0.3 is 9.64 Å². The molecule has 0 bridgehead atoms. The van der Waals surface area contributed by atoms with Crippen LogP contribution in [0.25, 0.3) is 0 Å². The van der Waals surface area contributed by atoms with Gasteiger partial charge in [-0.25, -0.2) is 13.8 Å². The summed E-state index contributed by atoms with van der Waals surface area (Å²) in [6.45, 7) is 2.03. The number of morpholine rings is 1. The predicted molar refractivity (Wildman–Crippen MR) is 108 cm³/mol. The Morgan fingerprint density at radius 1 is 0.821 bits per heavy atom. The molecule has 0 spiro atoms. The molecule has 0 aromatic heterocycles. The van der Waals surface area contributed by atoms with Gasteiger partial charge in [-0.3, -0.25) is 0 Å². The maximum absolute atomic E-state index is 15.3.